The predicted molar refractivity (Wildman–Crippen MR) is 139 cm³/mol. The van der Waals surface area contributed by atoms with Crippen LogP contribution in [-0.2, 0) is 26.2 Å². The van der Waals surface area contributed by atoms with Crippen LogP contribution < -0.4 is 19.1 Å². The molecule has 3 rings (SSSR count). The molecule has 0 bridgehead atoms. The van der Waals surface area contributed by atoms with Crippen molar-refractivity contribution in [2.75, 3.05) is 36.9 Å². The van der Waals surface area contributed by atoms with Crippen molar-refractivity contribution in [3.8, 4) is 11.5 Å². The zero-order chi connectivity index (χ0) is 26.3. The second-order valence-electron chi connectivity index (χ2n) is 8.82. The Balaban J connectivity index is 1.93. The fourth-order valence-corrected chi connectivity index (χ4v) is 4.82. The summed E-state index contributed by atoms with van der Waals surface area (Å²) in [5, 5.41) is 2.87. The van der Waals surface area contributed by atoms with Gasteiger partial charge in [0.15, 0.2) is 11.5 Å². The van der Waals surface area contributed by atoms with Gasteiger partial charge in [0.1, 0.15) is 25.8 Å². The zero-order valence-corrected chi connectivity index (χ0v) is 22.1. The maximum absolute atomic E-state index is 13.7. The number of amides is 2. The predicted octanol–water partition coefficient (Wildman–Crippen LogP) is 2.87. The highest BCUT2D eigenvalue weighted by atomic mass is 32.2. The molecule has 1 atom stereocenters. The van der Waals surface area contributed by atoms with Crippen molar-refractivity contribution in [2.24, 2.45) is 0 Å². The normalized spacial score (nSPS) is 13.6. The van der Waals surface area contributed by atoms with Crippen molar-refractivity contribution in [1.29, 1.82) is 0 Å². The molecular formula is C26H35N3O6S. The van der Waals surface area contributed by atoms with Gasteiger partial charge in [-0.2, -0.15) is 0 Å². The Kier molecular flexibility index (Phi) is 9.19. The van der Waals surface area contributed by atoms with Gasteiger partial charge in [-0.25, -0.2) is 8.42 Å². The monoisotopic (exact) mass is 517 g/mol. The lowest BCUT2D eigenvalue weighted by atomic mass is 10.1. The third-order valence-electron chi connectivity index (χ3n) is 5.90. The SMILES string of the molecule is CCCNC(=O)C(CC)N(Cc1ccc(C)cc1)C(=O)CN(c1ccc2c(c1)OCCO2)S(C)(=O)=O. The Morgan fingerprint density at radius 3 is 2.31 bits per heavy atom. The van der Waals surface area contributed by atoms with E-state index in [1.807, 2.05) is 45.0 Å². The average Bonchev–Trinajstić information content (AvgIpc) is 2.85. The molecule has 1 heterocycles. The van der Waals surface area contributed by atoms with Gasteiger partial charge >= 0.3 is 0 Å². The Labute approximate surface area is 213 Å². The third kappa shape index (κ3) is 6.90. The van der Waals surface area contributed by atoms with Gasteiger partial charge in [-0.05, 0) is 37.5 Å². The molecule has 2 aromatic carbocycles. The van der Waals surface area contributed by atoms with Crippen molar-refractivity contribution in [3.63, 3.8) is 0 Å². The molecule has 1 aliphatic heterocycles. The topological polar surface area (TPSA) is 105 Å². The largest absolute Gasteiger partial charge is 0.486 e. The van der Waals surface area contributed by atoms with Gasteiger partial charge in [0.25, 0.3) is 0 Å². The van der Waals surface area contributed by atoms with E-state index in [1.165, 1.54) is 4.90 Å². The summed E-state index contributed by atoms with van der Waals surface area (Å²) in [6.07, 6.45) is 2.20. The maximum atomic E-state index is 13.7. The lowest BCUT2D eigenvalue weighted by Crippen LogP contribution is -2.52. The van der Waals surface area contributed by atoms with Gasteiger partial charge in [-0.15, -0.1) is 0 Å². The van der Waals surface area contributed by atoms with Crippen LogP contribution in [0.15, 0.2) is 42.5 Å². The van der Waals surface area contributed by atoms with Gasteiger partial charge in [0.05, 0.1) is 11.9 Å². The number of hydrogen-bond acceptors (Lipinski definition) is 6. The van der Waals surface area contributed by atoms with E-state index in [9.17, 15) is 18.0 Å². The molecule has 0 saturated carbocycles. The number of rotatable bonds is 11. The van der Waals surface area contributed by atoms with Crippen LogP contribution in [0.4, 0.5) is 5.69 Å². The van der Waals surface area contributed by atoms with E-state index < -0.39 is 28.5 Å². The van der Waals surface area contributed by atoms with Gasteiger partial charge < -0.3 is 19.7 Å². The van der Waals surface area contributed by atoms with Gasteiger partial charge in [-0.1, -0.05) is 43.7 Å². The number of aryl methyl sites for hydroxylation is 1. The molecule has 2 aromatic rings. The number of anilines is 1. The Bertz CT molecular complexity index is 1170. The van der Waals surface area contributed by atoms with E-state index in [0.29, 0.717) is 37.7 Å². The summed E-state index contributed by atoms with van der Waals surface area (Å²) in [5.74, 6) is 0.200. The minimum Gasteiger partial charge on any atom is -0.486 e. The number of benzene rings is 2. The quantitative estimate of drug-likeness (QED) is 0.492. The highest BCUT2D eigenvalue weighted by molar-refractivity contribution is 7.92. The molecule has 36 heavy (non-hydrogen) atoms. The number of carbonyl (C=O) groups excluding carboxylic acids is 2. The van der Waals surface area contributed by atoms with Crippen molar-refractivity contribution >= 4 is 27.5 Å². The Morgan fingerprint density at radius 2 is 1.69 bits per heavy atom. The second-order valence-corrected chi connectivity index (χ2v) is 10.7. The van der Waals surface area contributed by atoms with Crippen molar-refractivity contribution < 1.29 is 27.5 Å². The highest BCUT2D eigenvalue weighted by Crippen LogP contribution is 2.34. The fourth-order valence-electron chi connectivity index (χ4n) is 3.98. The molecule has 1 unspecified atom stereocenters. The van der Waals surface area contributed by atoms with Crippen LogP contribution in [0, 0.1) is 6.92 Å². The van der Waals surface area contributed by atoms with Crippen LogP contribution in [0.3, 0.4) is 0 Å². The van der Waals surface area contributed by atoms with Crippen LogP contribution in [0.5, 0.6) is 11.5 Å². The number of nitrogens with one attached hydrogen (secondary N) is 1. The van der Waals surface area contributed by atoms with Crippen molar-refractivity contribution in [2.45, 2.75) is 46.2 Å². The minimum atomic E-state index is -3.83. The lowest BCUT2D eigenvalue weighted by molar-refractivity contribution is -0.140. The molecule has 0 saturated heterocycles. The fraction of sp³-hybridized carbons (Fsp3) is 0.462. The first-order chi connectivity index (χ1) is 17.1. The molecule has 2 amide bonds. The first kappa shape index (κ1) is 27.3. The van der Waals surface area contributed by atoms with E-state index >= 15 is 0 Å². The number of carbonyl (C=O) groups is 2. The molecule has 0 fully saturated rings. The number of fused-ring (bicyclic) bond motifs is 1. The van der Waals surface area contributed by atoms with Crippen LogP contribution in [-0.4, -0.2) is 63.7 Å². The van der Waals surface area contributed by atoms with Crippen LogP contribution in [0.25, 0.3) is 0 Å². The van der Waals surface area contributed by atoms with Crippen LogP contribution in [0.1, 0.15) is 37.8 Å². The van der Waals surface area contributed by atoms with Crippen LogP contribution >= 0.6 is 0 Å². The van der Waals surface area contributed by atoms with Crippen molar-refractivity contribution in [3.05, 3.63) is 53.6 Å². The standard InChI is InChI=1S/C26H35N3O6S/c1-5-13-27-26(31)22(6-2)28(17-20-9-7-19(3)8-10-20)25(30)18-29(36(4,32)33)21-11-12-23-24(16-21)35-15-14-34-23/h7-12,16,22H,5-6,13-15,17-18H2,1-4H3,(H,27,31). The van der Waals surface area contributed by atoms with E-state index in [4.69, 9.17) is 9.47 Å². The van der Waals surface area contributed by atoms with E-state index in [0.717, 1.165) is 28.1 Å². The van der Waals surface area contributed by atoms with Gasteiger partial charge in [-0.3, -0.25) is 13.9 Å². The molecule has 1 N–H and O–H groups in total. The molecule has 1 aliphatic rings. The molecule has 0 radical (unpaired) electrons. The smallest absolute Gasteiger partial charge is 0.244 e. The van der Waals surface area contributed by atoms with E-state index in [2.05, 4.69) is 5.32 Å². The molecule has 196 valence electrons. The van der Waals surface area contributed by atoms with E-state index in [-0.39, 0.29) is 18.1 Å². The third-order valence-corrected chi connectivity index (χ3v) is 7.04. The summed E-state index contributed by atoms with van der Waals surface area (Å²) in [6, 6.07) is 11.7. The first-order valence-corrected chi connectivity index (χ1v) is 14.0. The number of sulfonamides is 1. The summed E-state index contributed by atoms with van der Waals surface area (Å²) in [5.41, 5.74) is 2.21. The van der Waals surface area contributed by atoms with Crippen molar-refractivity contribution in [1.82, 2.24) is 10.2 Å². The first-order valence-electron chi connectivity index (χ1n) is 12.1. The average molecular weight is 518 g/mol. The number of hydrogen-bond donors (Lipinski definition) is 1. The minimum absolute atomic E-state index is 0.176. The molecule has 9 nitrogen and oxygen atoms in total. The summed E-state index contributed by atoms with van der Waals surface area (Å²) in [7, 11) is -3.83. The van der Waals surface area contributed by atoms with Crippen LogP contribution in [0.2, 0.25) is 0 Å². The molecule has 10 heteroatoms. The maximum Gasteiger partial charge on any atom is 0.244 e. The Hall–Kier alpha value is -3.27. The highest BCUT2D eigenvalue weighted by Gasteiger charge is 2.32. The molecule has 0 aromatic heterocycles. The van der Waals surface area contributed by atoms with Gasteiger partial charge in [0, 0.05) is 19.2 Å². The lowest BCUT2D eigenvalue weighted by Gasteiger charge is -2.33. The summed E-state index contributed by atoms with van der Waals surface area (Å²) in [6.45, 7) is 6.73. The molecule has 0 aliphatic carbocycles. The zero-order valence-electron chi connectivity index (χ0n) is 21.3. The number of ether oxygens (including phenoxy) is 2. The molecular weight excluding hydrogens is 482 g/mol. The summed E-state index contributed by atoms with van der Waals surface area (Å²) in [4.78, 5) is 28.1. The number of nitrogens with zero attached hydrogens (tertiary/aromatic N) is 2. The second kappa shape index (κ2) is 12.1. The Morgan fingerprint density at radius 1 is 1.03 bits per heavy atom. The molecule has 0 spiro atoms. The summed E-state index contributed by atoms with van der Waals surface area (Å²) >= 11 is 0. The van der Waals surface area contributed by atoms with E-state index in [1.54, 1.807) is 18.2 Å². The summed E-state index contributed by atoms with van der Waals surface area (Å²) < 4.78 is 37.7. The van der Waals surface area contributed by atoms with Gasteiger partial charge in [0.2, 0.25) is 21.8 Å².